The third kappa shape index (κ3) is 7.19. The fraction of sp³-hybridized carbons (Fsp3) is 0.625. The fourth-order valence-corrected chi connectivity index (χ4v) is 1.88. The summed E-state index contributed by atoms with van der Waals surface area (Å²) < 4.78 is 5.23. The van der Waals surface area contributed by atoms with Gasteiger partial charge in [0, 0.05) is 26.1 Å². The fourth-order valence-electron chi connectivity index (χ4n) is 1.88. The lowest BCUT2D eigenvalue weighted by Gasteiger charge is -2.19. The maximum Gasteiger partial charge on any atom is 0.221 e. The molecule has 0 aliphatic heterocycles. The first-order valence-electron chi connectivity index (χ1n) is 8.04. The molecule has 1 aromatic rings. The Balaban J connectivity index is 2.48. The highest BCUT2D eigenvalue weighted by Crippen LogP contribution is 2.20. The molecule has 130 valence electrons. The smallest absolute Gasteiger partial charge is 0.221 e. The van der Waals surface area contributed by atoms with Crippen molar-refractivity contribution in [2.45, 2.75) is 39.2 Å². The van der Waals surface area contributed by atoms with Gasteiger partial charge in [0.1, 0.15) is 11.4 Å². The lowest BCUT2D eigenvalue weighted by atomic mass is 10.0. The van der Waals surface area contributed by atoms with Crippen LogP contribution in [0.2, 0.25) is 0 Å². The van der Waals surface area contributed by atoms with E-state index in [1.807, 2.05) is 13.8 Å². The molecule has 1 atom stereocenters. The predicted octanol–water partition coefficient (Wildman–Crippen LogP) is 0.959. The molecule has 0 aliphatic rings. The standard InChI is InChI=1S/C16H28N4O3/c1-4-9-18-14(21)8-10-19-15(17-5-2)20-12-16(3,22)13-7-6-11-23-13/h6-7,11,22H,4-5,8-10,12H2,1-3H3,(H,18,21)(H2,17,19,20). The molecule has 0 aromatic carbocycles. The third-order valence-electron chi connectivity index (χ3n) is 3.16. The molecule has 1 unspecified atom stereocenters. The maximum atomic E-state index is 11.6. The van der Waals surface area contributed by atoms with Crippen LogP contribution in [0.3, 0.4) is 0 Å². The number of nitrogens with zero attached hydrogens (tertiary/aromatic N) is 1. The molecule has 7 nitrogen and oxygen atoms in total. The van der Waals surface area contributed by atoms with Gasteiger partial charge in [-0.3, -0.25) is 4.79 Å². The Kier molecular flexibility index (Phi) is 8.18. The van der Waals surface area contributed by atoms with Crippen LogP contribution < -0.4 is 16.0 Å². The third-order valence-corrected chi connectivity index (χ3v) is 3.16. The van der Waals surface area contributed by atoms with E-state index in [0.29, 0.717) is 37.8 Å². The molecule has 0 saturated heterocycles. The Bertz CT molecular complexity index is 484. The van der Waals surface area contributed by atoms with E-state index >= 15 is 0 Å². The molecular formula is C16H28N4O3. The summed E-state index contributed by atoms with van der Waals surface area (Å²) in [6.07, 6.45) is 2.82. The van der Waals surface area contributed by atoms with Crippen molar-refractivity contribution in [2.24, 2.45) is 4.99 Å². The minimum Gasteiger partial charge on any atom is -0.466 e. The SMILES string of the molecule is CCCNC(=O)CCNC(=NCC(C)(O)c1ccco1)NCC. The monoisotopic (exact) mass is 324 g/mol. The molecule has 0 radical (unpaired) electrons. The first-order valence-corrected chi connectivity index (χ1v) is 8.04. The molecule has 1 rings (SSSR count). The lowest BCUT2D eigenvalue weighted by molar-refractivity contribution is -0.120. The Morgan fingerprint density at radius 3 is 2.70 bits per heavy atom. The summed E-state index contributed by atoms with van der Waals surface area (Å²) >= 11 is 0. The van der Waals surface area contributed by atoms with Gasteiger partial charge in [0.15, 0.2) is 5.96 Å². The number of furan rings is 1. The second-order valence-electron chi connectivity index (χ2n) is 5.47. The van der Waals surface area contributed by atoms with Crippen LogP contribution in [0.5, 0.6) is 0 Å². The van der Waals surface area contributed by atoms with Crippen molar-refractivity contribution < 1.29 is 14.3 Å². The van der Waals surface area contributed by atoms with Gasteiger partial charge in [-0.25, -0.2) is 4.99 Å². The quantitative estimate of drug-likeness (QED) is 0.400. The van der Waals surface area contributed by atoms with Crippen molar-refractivity contribution in [3.63, 3.8) is 0 Å². The van der Waals surface area contributed by atoms with Crippen LogP contribution in [0.4, 0.5) is 0 Å². The Hall–Kier alpha value is -2.02. The van der Waals surface area contributed by atoms with Gasteiger partial charge in [-0.05, 0) is 32.4 Å². The summed E-state index contributed by atoms with van der Waals surface area (Å²) in [6, 6.07) is 3.44. The van der Waals surface area contributed by atoms with E-state index in [9.17, 15) is 9.90 Å². The van der Waals surface area contributed by atoms with Gasteiger partial charge in [0.25, 0.3) is 0 Å². The van der Waals surface area contributed by atoms with Crippen LogP contribution in [0.15, 0.2) is 27.8 Å². The van der Waals surface area contributed by atoms with Crippen molar-refractivity contribution >= 4 is 11.9 Å². The normalized spacial score (nSPS) is 14.2. The van der Waals surface area contributed by atoms with E-state index < -0.39 is 5.60 Å². The highest BCUT2D eigenvalue weighted by molar-refractivity contribution is 5.81. The molecule has 1 amide bonds. The highest BCUT2D eigenvalue weighted by Gasteiger charge is 2.26. The van der Waals surface area contributed by atoms with Crippen molar-refractivity contribution in [2.75, 3.05) is 26.2 Å². The number of carbonyl (C=O) groups excluding carboxylic acids is 1. The minimum absolute atomic E-state index is 0.0118. The molecule has 0 bridgehead atoms. The van der Waals surface area contributed by atoms with Gasteiger partial charge < -0.3 is 25.5 Å². The van der Waals surface area contributed by atoms with Crippen LogP contribution in [0.25, 0.3) is 0 Å². The predicted molar refractivity (Wildman–Crippen MR) is 90.2 cm³/mol. The summed E-state index contributed by atoms with van der Waals surface area (Å²) in [7, 11) is 0. The number of nitrogens with one attached hydrogen (secondary N) is 3. The van der Waals surface area contributed by atoms with Gasteiger partial charge in [-0.2, -0.15) is 0 Å². The van der Waals surface area contributed by atoms with Crippen molar-refractivity contribution in [1.29, 1.82) is 0 Å². The molecule has 0 spiro atoms. The van der Waals surface area contributed by atoms with Crippen LogP contribution in [0.1, 0.15) is 39.4 Å². The average Bonchev–Trinajstić information content (AvgIpc) is 3.06. The molecule has 23 heavy (non-hydrogen) atoms. The number of hydrogen-bond acceptors (Lipinski definition) is 4. The van der Waals surface area contributed by atoms with Gasteiger partial charge in [-0.1, -0.05) is 6.92 Å². The summed E-state index contributed by atoms with van der Waals surface area (Å²) in [4.78, 5) is 15.9. The van der Waals surface area contributed by atoms with Crippen LogP contribution in [-0.2, 0) is 10.4 Å². The molecule has 4 N–H and O–H groups in total. The molecule has 0 fully saturated rings. The molecule has 0 aliphatic carbocycles. The van der Waals surface area contributed by atoms with E-state index in [1.54, 1.807) is 19.1 Å². The van der Waals surface area contributed by atoms with Crippen LogP contribution in [-0.4, -0.2) is 43.2 Å². The Labute approximate surface area is 137 Å². The van der Waals surface area contributed by atoms with Gasteiger partial charge in [-0.15, -0.1) is 0 Å². The lowest BCUT2D eigenvalue weighted by Crippen LogP contribution is -2.40. The van der Waals surface area contributed by atoms with Gasteiger partial charge >= 0.3 is 0 Å². The number of amides is 1. The number of rotatable bonds is 9. The maximum absolute atomic E-state index is 11.6. The average molecular weight is 324 g/mol. The molecule has 1 aromatic heterocycles. The van der Waals surface area contributed by atoms with Crippen LogP contribution >= 0.6 is 0 Å². The Morgan fingerprint density at radius 1 is 1.30 bits per heavy atom. The van der Waals surface area contributed by atoms with Crippen LogP contribution in [0, 0.1) is 0 Å². The summed E-state index contributed by atoms with van der Waals surface area (Å²) in [5.41, 5.74) is -1.18. The summed E-state index contributed by atoms with van der Waals surface area (Å²) in [5.74, 6) is 1.04. The minimum atomic E-state index is -1.18. The second kappa shape index (κ2) is 9.89. The van der Waals surface area contributed by atoms with Gasteiger partial charge in [0.2, 0.25) is 5.91 Å². The number of carbonyl (C=O) groups is 1. The topological polar surface area (TPSA) is 98.9 Å². The molecular weight excluding hydrogens is 296 g/mol. The number of aliphatic hydroxyl groups is 1. The zero-order chi connectivity index (χ0) is 17.1. The van der Waals surface area contributed by atoms with E-state index in [4.69, 9.17) is 4.42 Å². The molecule has 1 heterocycles. The zero-order valence-electron chi connectivity index (χ0n) is 14.2. The van der Waals surface area contributed by atoms with Crippen molar-refractivity contribution in [3.8, 4) is 0 Å². The largest absolute Gasteiger partial charge is 0.466 e. The van der Waals surface area contributed by atoms with Crippen molar-refractivity contribution in [1.82, 2.24) is 16.0 Å². The Morgan fingerprint density at radius 2 is 2.09 bits per heavy atom. The highest BCUT2D eigenvalue weighted by atomic mass is 16.4. The zero-order valence-corrected chi connectivity index (χ0v) is 14.2. The number of hydrogen-bond donors (Lipinski definition) is 4. The first-order chi connectivity index (χ1) is 11.0. The van der Waals surface area contributed by atoms with E-state index in [2.05, 4.69) is 20.9 Å². The van der Waals surface area contributed by atoms with Gasteiger partial charge in [0.05, 0.1) is 12.8 Å². The number of aliphatic imine (C=N–C) groups is 1. The summed E-state index contributed by atoms with van der Waals surface area (Å²) in [6.45, 7) is 7.63. The van der Waals surface area contributed by atoms with E-state index in [1.165, 1.54) is 6.26 Å². The first kappa shape index (κ1) is 19.0. The second-order valence-corrected chi connectivity index (χ2v) is 5.47. The summed E-state index contributed by atoms with van der Waals surface area (Å²) in [5, 5.41) is 19.4. The van der Waals surface area contributed by atoms with E-state index in [0.717, 1.165) is 6.42 Å². The van der Waals surface area contributed by atoms with Crippen molar-refractivity contribution in [3.05, 3.63) is 24.2 Å². The number of guanidine groups is 1. The van der Waals surface area contributed by atoms with E-state index in [-0.39, 0.29) is 12.5 Å². The molecule has 0 saturated carbocycles. The molecule has 7 heteroatoms.